The van der Waals surface area contributed by atoms with Crippen LogP contribution in [0, 0.1) is 11.8 Å². The van der Waals surface area contributed by atoms with E-state index >= 15 is 0 Å². The zero-order valence-electron chi connectivity index (χ0n) is 9.84. The van der Waals surface area contributed by atoms with Crippen molar-refractivity contribution in [3.8, 4) is 5.75 Å². The van der Waals surface area contributed by atoms with E-state index < -0.39 is 0 Å². The van der Waals surface area contributed by atoms with Gasteiger partial charge in [-0.15, -0.1) is 4.91 Å². The Hall–Kier alpha value is -2.56. The van der Waals surface area contributed by atoms with E-state index in [1.165, 1.54) is 0 Å². The van der Waals surface area contributed by atoms with E-state index in [1.54, 1.807) is 42.5 Å². The normalized spacial score (nSPS) is 9.83. The number of rotatable bonds is 4. The zero-order valence-corrected chi connectivity index (χ0v) is 9.84. The standard InChI is InChI=1S/C13H13N3O2/c1-9-6-7-13(17)12(8-9)15-14-10-4-2-3-5-11(10)16-18/h2-8,14-15,17H,1H3. The van der Waals surface area contributed by atoms with E-state index in [4.69, 9.17) is 0 Å². The number of nitroso groups, excluding NO2 is 1. The van der Waals surface area contributed by atoms with Crippen LogP contribution in [0.1, 0.15) is 5.56 Å². The molecule has 0 radical (unpaired) electrons. The molecule has 0 atom stereocenters. The lowest BCUT2D eigenvalue weighted by atomic mass is 10.2. The van der Waals surface area contributed by atoms with Gasteiger partial charge in [0.05, 0.1) is 11.4 Å². The highest BCUT2D eigenvalue weighted by Crippen LogP contribution is 2.27. The number of phenolic OH excluding ortho intramolecular Hbond substituents is 1. The Bertz CT molecular complexity index is 570. The van der Waals surface area contributed by atoms with E-state index in [9.17, 15) is 10.0 Å². The number of hydrogen-bond acceptors (Lipinski definition) is 5. The Morgan fingerprint density at radius 1 is 1.06 bits per heavy atom. The predicted molar refractivity (Wildman–Crippen MR) is 72.0 cm³/mol. The molecule has 0 spiro atoms. The number of aryl methyl sites for hydroxylation is 1. The topological polar surface area (TPSA) is 73.7 Å². The molecular weight excluding hydrogens is 230 g/mol. The van der Waals surface area contributed by atoms with Gasteiger partial charge in [-0.3, -0.25) is 10.9 Å². The fourth-order valence-corrected chi connectivity index (χ4v) is 1.54. The summed E-state index contributed by atoms with van der Waals surface area (Å²) in [6.45, 7) is 1.92. The Labute approximate surface area is 104 Å². The summed E-state index contributed by atoms with van der Waals surface area (Å²) in [4.78, 5) is 10.6. The van der Waals surface area contributed by atoms with Crippen LogP contribution in [0.3, 0.4) is 0 Å². The van der Waals surface area contributed by atoms with Crippen LogP contribution >= 0.6 is 0 Å². The summed E-state index contributed by atoms with van der Waals surface area (Å²) < 4.78 is 0. The smallest absolute Gasteiger partial charge is 0.140 e. The van der Waals surface area contributed by atoms with Crippen LogP contribution in [0.15, 0.2) is 47.6 Å². The van der Waals surface area contributed by atoms with Gasteiger partial charge in [0.2, 0.25) is 0 Å². The first kappa shape index (κ1) is 11.9. The van der Waals surface area contributed by atoms with Gasteiger partial charge in [-0.1, -0.05) is 18.2 Å². The van der Waals surface area contributed by atoms with Gasteiger partial charge in [-0.2, -0.15) is 0 Å². The van der Waals surface area contributed by atoms with Crippen molar-refractivity contribution in [3.05, 3.63) is 52.9 Å². The Balaban J connectivity index is 2.16. The fraction of sp³-hybridized carbons (Fsp3) is 0.0769. The highest BCUT2D eigenvalue weighted by molar-refractivity contribution is 5.68. The first-order valence-electron chi connectivity index (χ1n) is 5.45. The van der Waals surface area contributed by atoms with Gasteiger partial charge in [-0.25, -0.2) is 0 Å². The van der Waals surface area contributed by atoms with E-state index in [0.717, 1.165) is 5.56 Å². The number of benzene rings is 2. The summed E-state index contributed by atoms with van der Waals surface area (Å²) in [7, 11) is 0. The summed E-state index contributed by atoms with van der Waals surface area (Å²) >= 11 is 0. The van der Waals surface area contributed by atoms with Crippen molar-refractivity contribution in [3.63, 3.8) is 0 Å². The van der Waals surface area contributed by atoms with Crippen LogP contribution in [-0.2, 0) is 0 Å². The number of para-hydroxylation sites is 1. The molecule has 3 N–H and O–H groups in total. The molecule has 0 fully saturated rings. The van der Waals surface area contributed by atoms with E-state index in [-0.39, 0.29) is 5.75 Å². The van der Waals surface area contributed by atoms with E-state index in [2.05, 4.69) is 16.0 Å². The number of anilines is 2. The van der Waals surface area contributed by atoms with E-state index in [1.807, 2.05) is 6.92 Å². The average Bonchev–Trinajstić information content (AvgIpc) is 2.40. The number of nitrogens with one attached hydrogen (secondary N) is 2. The maximum Gasteiger partial charge on any atom is 0.140 e. The minimum Gasteiger partial charge on any atom is -0.506 e. The maximum atomic E-state index is 10.6. The van der Waals surface area contributed by atoms with Crippen LogP contribution in [0.5, 0.6) is 5.75 Å². The quantitative estimate of drug-likeness (QED) is 0.436. The molecule has 5 heteroatoms. The SMILES string of the molecule is Cc1ccc(O)c(NNc2ccccc2N=O)c1. The highest BCUT2D eigenvalue weighted by Gasteiger charge is 2.03. The van der Waals surface area contributed by atoms with Crippen LogP contribution in [0.4, 0.5) is 17.1 Å². The summed E-state index contributed by atoms with van der Waals surface area (Å²) in [5, 5.41) is 12.6. The third-order valence-electron chi connectivity index (χ3n) is 2.49. The second-order valence-corrected chi connectivity index (χ2v) is 3.88. The molecule has 0 aliphatic carbocycles. The van der Waals surface area contributed by atoms with Crippen LogP contribution in [-0.4, -0.2) is 5.11 Å². The lowest BCUT2D eigenvalue weighted by Crippen LogP contribution is -2.08. The Morgan fingerprint density at radius 3 is 2.56 bits per heavy atom. The summed E-state index contributed by atoms with van der Waals surface area (Å²) in [5.41, 5.74) is 8.09. The third kappa shape index (κ3) is 2.57. The molecule has 2 rings (SSSR count). The van der Waals surface area contributed by atoms with Gasteiger partial charge in [0.25, 0.3) is 0 Å². The second kappa shape index (κ2) is 5.18. The maximum absolute atomic E-state index is 10.6. The van der Waals surface area contributed by atoms with Gasteiger partial charge in [0.15, 0.2) is 0 Å². The number of nitrogens with zero attached hydrogens (tertiary/aromatic N) is 1. The summed E-state index contributed by atoms with van der Waals surface area (Å²) in [6.07, 6.45) is 0. The summed E-state index contributed by atoms with van der Waals surface area (Å²) in [5.74, 6) is 0.129. The molecule has 0 saturated heterocycles. The average molecular weight is 243 g/mol. The Morgan fingerprint density at radius 2 is 1.78 bits per heavy atom. The lowest BCUT2D eigenvalue weighted by molar-refractivity contribution is 0.477. The van der Waals surface area contributed by atoms with Crippen molar-refractivity contribution in [1.29, 1.82) is 0 Å². The molecule has 2 aromatic rings. The van der Waals surface area contributed by atoms with Crippen LogP contribution < -0.4 is 10.9 Å². The molecule has 5 nitrogen and oxygen atoms in total. The van der Waals surface area contributed by atoms with Crippen molar-refractivity contribution >= 4 is 17.1 Å². The van der Waals surface area contributed by atoms with Gasteiger partial charge >= 0.3 is 0 Å². The lowest BCUT2D eigenvalue weighted by Gasteiger charge is -2.12. The number of hydrogen-bond donors (Lipinski definition) is 3. The molecule has 92 valence electrons. The molecule has 0 bridgehead atoms. The molecule has 0 aliphatic rings. The molecular formula is C13H13N3O2. The molecule has 0 unspecified atom stereocenters. The number of phenols is 1. The molecule has 2 aromatic carbocycles. The van der Waals surface area contributed by atoms with Crippen molar-refractivity contribution in [2.75, 3.05) is 10.9 Å². The fourth-order valence-electron chi connectivity index (χ4n) is 1.54. The minimum absolute atomic E-state index is 0.129. The van der Waals surface area contributed by atoms with Crippen molar-refractivity contribution in [2.45, 2.75) is 6.92 Å². The van der Waals surface area contributed by atoms with Gasteiger partial charge in [0.1, 0.15) is 11.4 Å². The second-order valence-electron chi connectivity index (χ2n) is 3.88. The first-order valence-corrected chi connectivity index (χ1v) is 5.45. The molecule has 0 saturated carbocycles. The molecule has 0 heterocycles. The van der Waals surface area contributed by atoms with Crippen molar-refractivity contribution in [2.24, 2.45) is 5.18 Å². The van der Waals surface area contributed by atoms with Crippen LogP contribution in [0.25, 0.3) is 0 Å². The van der Waals surface area contributed by atoms with Gasteiger partial charge < -0.3 is 5.11 Å². The molecule has 0 amide bonds. The zero-order chi connectivity index (χ0) is 13.0. The van der Waals surface area contributed by atoms with Crippen LogP contribution in [0.2, 0.25) is 0 Å². The van der Waals surface area contributed by atoms with Crippen molar-refractivity contribution in [1.82, 2.24) is 0 Å². The predicted octanol–water partition coefficient (Wildman–Crippen LogP) is 3.54. The minimum atomic E-state index is 0.129. The molecule has 0 aliphatic heterocycles. The van der Waals surface area contributed by atoms with Crippen molar-refractivity contribution < 1.29 is 5.11 Å². The summed E-state index contributed by atoms with van der Waals surface area (Å²) in [6, 6.07) is 12.0. The van der Waals surface area contributed by atoms with E-state index in [0.29, 0.717) is 17.1 Å². The highest BCUT2D eigenvalue weighted by atomic mass is 16.3. The third-order valence-corrected chi connectivity index (χ3v) is 2.49. The largest absolute Gasteiger partial charge is 0.506 e. The first-order chi connectivity index (χ1) is 8.70. The number of aromatic hydroxyl groups is 1. The molecule has 18 heavy (non-hydrogen) atoms. The monoisotopic (exact) mass is 243 g/mol. The Kier molecular flexibility index (Phi) is 3.43. The van der Waals surface area contributed by atoms with Gasteiger partial charge in [-0.05, 0) is 41.9 Å². The number of hydrazine groups is 1. The molecule has 0 aromatic heterocycles. The van der Waals surface area contributed by atoms with Gasteiger partial charge in [0, 0.05) is 0 Å².